The van der Waals surface area contributed by atoms with Crippen molar-refractivity contribution in [3.05, 3.63) is 23.8 Å². The van der Waals surface area contributed by atoms with Crippen LogP contribution in [0.25, 0.3) is 0 Å². The van der Waals surface area contributed by atoms with Crippen LogP contribution < -0.4 is 0 Å². The number of nitrogens with zero attached hydrogens (tertiary/aromatic N) is 3. The molecule has 0 aromatic heterocycles. The van der Waals surface area contributed by atoms with Crippen LogP contribution in [0.3, 0.4) is 0 Å². The first-order chi connectivity index (χ1) is 14.5. The van der Waals surface area contributed by atoms with E-state index in [1.165, 1.54) is 0 Å². The van der Waals surface area contributed by atoms with Gasteiger partial charge < -0.3 is 14.4 Å². The number of ether oxygens (including phenoxy) is 2. The zero-order valence-electron chi connectivity index (χ0n) is 21.3. The number of aliphatic imine (C=N–C) groups is 2. The fourth-order valence-corrected chi connectivity index (χ4v) is 4.70. The van der Waals surface area contributed by atoms with Crippen LogP contribution in [0.15, 0.2) is 33.8 Å². The molecule has 31 heavy (non-hydrogen) atoms. The molecule has 5 heteroatoms. The maximum atomic E-state index is 6.41. The minimum Gasteiger partial charge on any atom is -0.375 e. The van der Waals surface area contributed by atoms with Gasteiger partial charge in [0.25, 0.3) is 0 Å². The second-order valence-electron chi connectivity index (χ2n) is 10.2. The fraction of sp³-hybridized carbons (Fsp3) is 0.769. The Morgan fingerprint density at radius 3 is 2.58 bits per heavy atom. The summed E-state index contributed by atoms with van der Waals surface area (Å²) < 4.78 is 12.1. The van der Waals surface area contributed by atoms with Gasteiger partial charge in [0.05, 0.1) is 29.8 Å². The lowest BCUT2D eigenvalue weighted by molar-refractivity contribution is -0.127. The van der Waals surface area contributed by atoms with Crippen molar-refractivity contribution in [3.8, 4) is 0 Å². The SMILES string of the molecule is C/C=C\C(C)N1C(C2=CC=NC[C@@H]2OC)=NC(CCCC(C)(C)OC(C)(C)CC)[C@@H]1C. The highest BCUT2D eigenvalue weighted by Crippen LogP contribution is 2.32. The molecule has 2 rings (SSSR count). The third kappa shape index (κ3) is 6.76. The summed E-state index contributed by atoms with van der Waals surface area (Å²) in [6, 6.07) is 0.899. The topological polar surface area (TPSA) is 46.4 Å². The van der Waals surface area contributed by atoms with E-state index in [0.29, 0.717) is 12.6 Å². The Hall–Kier alpha value is -1.46. The van der Waals surface area contributed by atoms with Gasteiger partial charge >= 0.3 is 0 Å². The lowest BCUT2D eigenvalue weighted by Gasteiger charge is -2.36. The molecule has 2 aliphatic heterocycles. The Balaban J connectivity index is 2.15. The molecule has 0 aliphatic carbocycles. The van der Waals surface area contributed by atoms with Gasteiger partial charge in [-0.3, -0.25) is 9.98 Å². The number of hydrogen-bond acceptors (Lipinski definition) is 5. The summed E-state index contributed by atoms with van der Waals surface area (Å²) >= 11 is 0. The molecule has 0 amide bonds. The molecular formula is C26H45N3O2. The van der Waals surface area contributed by atoms with Crippen LogP contribution in [0.4, 0.5) is 0 Å². The molecule has 0 aromatic rings. The van der Waals surface area contributed by atoms with Crippen LogP contribution in [0, 0.1) is 0 Å². The molecule has 0 aromatic carbocycles. The Morgan fingerprint density at radius 1 is 1.26 bits per heavy atom. The quantitative estimate of drug-likeness (QED) is 0.400. The lowest BCUT2D eigenvalue weighted by Crippen LogP contribution is -2.45. The Kier molecular flexibility index (Phi) is 9.08. The molecule has 0 N–H and O–H groups in total. The van der Waals surface area contributed by atoms with E-state index < -0.39 is 0 Å². The molecule has 176 valence electrons. The number of rotatable bonds is 11. The number of dihydropyridines is 1. The molecule has 5 nitrogen and oxygen atoms in total. The third-order valence-electron chi connectivity index (χ3n) is 6.64. The van der Waals surface area contributed by atoms with Gasteiger partial charge in [0, 0.05) is 24.9 Å². The van der Waals surface area contributed by atoms with Crippen molar-refractivity contribution in [2.24, 2.45) is 9.98 Å². The van der Waals surface area contributed by atoms with Crippen molar-refractivity contribution in [1.29, 1.82) is 0 Å². The molecule has 2 aliphatic rings. The molecule has 0 radical (unpaired) electrons. The molecule has 2 unspecified atom stereocenters. The first-order valence-corrected chi connectivity index (χ1v) is 12.0. The first-order valence-electron chi connectivity index (χ1n) is 12.0. The zero-order valence-corrected chi connectivity index (χ0v) is 21.3. The summed E-state index contributed by atoms with van der Waals surface area (Å²) in [5, 5.41) is 0. The lowest BCUT2D eigenvalue weighted by atomic mass is 9.95. The number of amidine groups is 1. The van der Waals surface area contributed by atoms with Gasteiger partial charge in [0.15, 0.2) is 0 Å². The van der Waals surface area contributed by atoms with Gasteiger partial charge in [-0.25, -0.2) is 0 Å². The maximum Gasteiger partial charge on any atom is 0.130 e. The molecule has 0 bridgehead atoms. The van der Waals surface area contributed by atoms with E-state index in [0.717, 1.165) is 37.1 Å². The molecule has 0 fully saturated rings. The smallest absolute Gasteiger partial charge is 0.130 e. The van der Waals surface area contributed by atoms with Gasteiger partial charge in [-0.2, -0.15) is 0 Å². The predicted octanol–water partition coefficient (Wildman–Crippen LogP) is 5.60. The van der Waals surface area contributed by atoms with Crippen molar-refractivity contribution in [3.63, 3.8) is 0 Å². The number of allylic oxidation sites excluding steroid dienone is 2. The Labute approximate surface area is 190 Å². The summed E-state index contributed by atoms with van der Waals surface area (Å²) in [6.45, 7) is 18.3. The summed E-state index contributed by atoms with van der Waals surface area (Å²) in [5.74, 6) is 1.07. The van der Waals surface area contributed by atoms with E-state index in [9.17, 15) is 0 Å². The monoisotopic (exact) mass is 431 g/mol. The van der Waals surface area contributed by atoms with Crippen molar-refractivity contribution < 1.29 is 9.47 Å². The summed E-state index contributed by atoms with van der Waals surface area (Å²) in [5.41, 5.74) is 0.935. The van der Waals surface area contributed by atoms with E-state index in [1.807, 2.05) is 6.21 Å². The van der Waals surface area contributed by atoms with E-state index in [4.69, 9.17) is 14.5 Å². The Morgan fingerprint density at radius 2 is 1.97 bits per heavy atom. The molecular weight excluding hydrogens is 386 g/mol. The largest absolute Gasteiger partial charge is 0.375 e. The average molecular weight is 432 g/mol. The first kappa shape index (κ1) is 25.8. The van der Waals surface area contributed by atoms with Gasteiger partial charge in [-0.1, -0.05) is 19.1 Å². The van der Waals surface area contributed by atoms with Crippen molar-refractivity contribution in [2.45, 2.75) is 117 Å². The van der Waals surface area contributed by atoms with E-state index in [2.05, 4.69) is 83.5 Å². The molecule has 0 saturated heterocycles. The number of methoxy groups -OCH3 is 1. The van der Waals surface area contributed by atoms with Crippen LogP contribution in [0.2, 0.25) is 0 Å². The second-order valence-corrected chi connectivity index (χ2v) is 10.2. The molecule has 2 heterocycles. The standard InChI is InChI=1S/C26H45N3O2/c1-10-13-19(3)29-20(4)22(14-12-16-26(7,8)31-25(5,6)11-2)28-24(29)21-15-17-27-18-23(21)30-9/h10,13,15,17,19-20,22-23H,11-12,14,16,18H2,1-9H3/b13-10-/t19?,20-,22?,23-/m0/s1. The third-order valence-corrected chi connectivity index (χ3v) is 6.64. The van der Waals surface area contributed by atoms with E-state index in [-0.39, 0.29) is 29.4 Å². The highest BCUT2D eigenvalue weighted by atomic mass is 16.5. The molecule has 4 atom stereocenters. The van der Waals surface area contributed by atoms with Crippen LogP contribution in [-0.4, -0.2) is 66.0 Å². The van der Waals surface area contributed by atoms with Crippen LogP contribution in [0.1, 0.15) is 81.1 Å². The van der Waals surface area contributed by atoms with Crippen LogP contribution in [-0.2, 0) is 9.47 Å². The summed E-state index contributed by atoms with van der Waals surface area (Å²) in [7, 11) is 1.76. The van der Waals surface area contributed by atoms with Crippen LogP contribution in [0.5, 0.6) is 0 Å². The van der Waals surface area contributed by atoms with Crippen molar-refractivity contribution in [1.82, 2.24) is 4.90 Å². The van der Waals surface area contributed by atoms with Crippen molar-refractivity contribution >= 4 is 12.1 Å². The minimum atomic E-state index is -0.130. The fourth-order valence-electron chi connectivity index (χ4n) is 4.70. The van der Waals surface area contributed by atoms with Crippen LogP contribution >= 0.6 is 0 Å². The highest BCUT2D eigenvalue weighted by molar-refractivity contribution is 6.04. The predicted molar refractivity (Wildman–Crippen MR) is 132 cm³/mol. The van der Waals surface area contributed by atoms with Gasteiger partial charge in [-0.15, -0.1) is 0 Å². The molecule has 0 saturated carbocycles. The second kappa shape index (κ2) is 10.9. The van der Waals surface area contributed by atoms with Gasteiger partial charge in [0.1, 0.15) is 11.9 Å². The minimum absolute atomic E-state index is 0.0291. The molecule has 0 spiro atoms. The normalized spacial score (nSPS) is 25.8. The highest BCUT2D eigenvalue weighted by Gasteiger charge is 2.38. The van der Waals surface area contributed by atoms with E-state index in [1.54, 1.807) is 7.11 Å². The van der Waals surface area contributed by atoms with Crippen molar-refractivity contribution in [2.75, 3.05) is 13.7 Å². The maximum absolute atomic E-state index is 6.41. The van der Waals surface area contributed by atoms with Gasteiger partial charge in [0.2, 0.25) is 0 Å². The number of hydrogen-bond donors (Lipinski definition) is 0. The van der Waals surface area contributed by atoms with E-state index >= 15 is 0 Å². The zero-order chi connectivity index (χ0) is 23.2. The summed E-state index contributed by atoms with van der Waals surface area (Å²) in [4.78, 5) is 12.1. The van der Waals surface area contributed by atoms with Gasteiger partial charge in [-0.05, 0) is 80.2 Å². The Bertz CT molecular complexity index is 705. The average Bonchev–Trinajstić information content (AvgIpc) is 3.03. The summed E-state index contributed by atoms with van der Waals surface area (Å²) in [6.07, 6.45) is 12.5.